The summed E-state index contributed by atoms with van der Waals surface area (Å²) in [5.74, 6) is 0.892. The summed E-state index contributed by atoms with van der Waals surface area (Å²) in [6.07, 6.45) is 3.31. The van der Waals surface area contributed by atoms with Gasteiger partial charge < -0.3 is 14.2 Å². The highest BCUT2D eigenvalue weighted by molar-refractivity contribution is 9.10. The molecule has 8 heteroatoms. The fourth-order valence-electron chi connectivity index (χ4n) is 3.83. The molecule has 0 saturated heterocycles. The molecule has 0 saturated carbocycles. The quantitative estimate of drug-likeness (QED) is 0.0604. The number of carbonyl (C=O) groups excluding carboxylic acids is 2. The van der Waals surface area contributed by atoms with Crippen molar-refractivity contribution in [2.75, 3.05) is 6.61 Å². The second-order valence-electron chi connectivity index (χ2n) is 9.03. The van der Waals surface area contributed by atoms with Gasteiger partial charge in [0, 0.05) is 0 Å². The standard InChI is InChI=1S/C32H31BrN2O5/c1-3-5-20-38-25-17-12-24(13-18-25)32(37)39-26-15-10-22(11-16-26)21-34-35-31(36)28(4-2)40-29-19-14-23-8-6-7-9-27(23)30(29)33/h6-19,21,28H,3-5,20H2,1-2H3,(H,35,36)/b34-21+. The van der Waals surface area contributed by atoms with Crippen LogP contribution in [0.5, 0.6) is 17.2 Å². The lowest BCUT2D eigenvalue weighted by Gasteiger charge is -2.17. The van der Waals surface area contributed by atoms with Crippen molar-refractivity contribution in [2.24, 2.45) is 5.10 Å². The molecule has 0 spiro atoms. The molecule has 0 heterocycles. The lowest BCUT2D eigenvalue weighted by atomic mass is 10.1. The maximum absolute atomic E-state index is 12.7. The van der Waals surface area contributed by atoms with Gasteiger partial charge in [-0.1, -0.05) is 50.6 Å². The van der Waals surface area contributed by atoms with Gasteiger partial charge >= 0.3 is 5.97 Å². The smallest absolute Gasteiger partial charge is 0.343 e. The number of fused-ring (bicyclic) bond motifs is 1. The fraction of sp³-hybridized carbons (Fsp3) is 0.219. The summed E-state index contributed by atoms with van der Waals surface area (Å²) in [7, 11) is 0. The predicted octanol–water partition coefficient (Wildman–Crippen LogP) is 7.31. The van der Waals surface area contributed by atoms with Crippen LogP contribution in [-0.4, -0.2) is 30.8 Å². The number of carbonyl (C=O) groups is 2. The minimum Gasteiger partial charge on any atom is -0.494 e. The van der Waals surface area contributed by atoms with Gasteiger partial charge in [0.25, 0.3) is 5.91 Å². The van der Waals surface area contributed by atoms with Gasteiger partial charge in [0.1, 0.15) is 17.2 Å². The molecule has 4 aromatic rings. The van der Waals surface area contributed by atoms with Gasteiger partial charge in [-0.25, -0.2) is 10.2 Å². The molecular weight excluding hydrogens is 572 g/mol. The maximum Gasteiger partial charge on any atom is 0.343 e. The highest BCUT2D eigenvalue weighted by Crippen LogP contribution is 2.33. The molecular formula is C32H31BrN2O5. The fourth-order valence-corrected chi connectivity index (χ4v) is 4.42. The Morgan fingerprint density at radius 2 is 1.65 bits per heavy atom. The minimum atomic E-state index is -0.714. The van der Waals surface area contributed by atoms with Gasteiger partial charge in [0.05, 0.1) is 22.9 Å². The summed E-state index contributed by atoms with van der Waals surface area (Å²) in [5, 5.41) is 6.14. The number of rotatable bonds is 12. The predicted molar refractivity (Wildman–Crippen MR) is 160 cm³/mol. The molecule has 0 radical (unpaired) electrons. The number of nitrogens with zero attached hydrogens (tertiary/aromatic N) is 1. The van der Waals surface area contributed by atoms with E-state index in [2.05, 4.69) is 33.4 Å². The average Bonchev–Trinajstić information content (AvgIpc) is 2.98. The number of ether oxygens (including phenoxy) is 3. The van der Waals surface area contributed by atoms with Crippen molar-refractivity contribution in [3.8, 4) is 17.2 Å². The maximum atomic E-state index is 12.7. The number of hydrogen-bond donors (Lipinski definition) is 1. The Bertz CT molecular complexity index is 1470. The molecule has 40 heavy (non-hydrogen) atoms. The van der Waals surface area contributed by atoms with E-state index >= 15 is 0 Å². The molecule has 0 aliphatic carbocycles. The number of esters is 1. The SMILES string of the molecule is CCCCOc1ccc(C(=O)Oc2ccc(/C=N/NC(=O)C(CC)Oc3ccc4ccccc4c3Br)cc2)cc1. The minimum absolute atomic E-state index is 0.355. The van der Waals surface area contributed by atoms with Crippen molar-refractivity contribution in [3.63, 3.8) is 0 Å². The monoisotopic (exact) mass is 602 g/mol. The van der Waals surface area contributed by atoms with Crippen LogP contribution in [0.3, 0.4) is 0 Å². The first-order valence-corrected chi connectivity index (χ1v) is 14.0. The summed E-state index contributed by atoms with van der Waals surface area (Å²) >= 11 is 3.60. The van der Waals surface area contributed by atoms with Crippen molar-refractivity contribution in [3.05, 3.63) is 101 Å². The van der Waals surface area contributed by atoms with Gasteiger partial charge in [-0.2, -0.15) is 5.10 Å². The van der Waals surface area contributed by atoms with Gasteiger partial charge in [0.2, 0.25) is 0 Å². The van der Waals surface area contributed by atoms with Crippen molar-refractivity contribution in [1.29, 1.82) is 0 Å². The van der Waals surface area contributed by atoms with Crippen LogP contribution in [0.1, 0.15) is 49.0 Å². The van der Waals surface area contributed by atoms with Gasteiger partial charge in [-0.15, -0.1) is 0 Å². The molecule has 1 atom stereocenters. The van der Waals surface area contributed by atoms with Crippen LogP contribution in [-0.2, 0) is 4.79 Å². The zero-order chi connectivity index (χ0) is 28.3. The summed E-state index contributed by atoms with van der Waals surface area (Å²) in [6, 6.07) is 25.4. The van der Waals surface area contributed by atoms with E-state index in [1.54, 1.807) is 48.5 Å². The van der Waals surface area contributed by atoms with Crippen LogP contribution in [0.15, 0.2) is 94.5 Å². The van der Waals surface area contributed by atoms with Crippen LogP contribution in [0, 0.1) is 0 Å². The Labute approximate surface area is 242 Å². The van der Waals surface area contributed by atoms with E-state index < -0.39 is 12.1 Å². The largest absolute Gasteiger partial charge is 0.494 e. The lowest BCUT2D eigenvalue weighted by molar-refractivity contribution is -0.128. The summed E-state index contributed by atoms with van der Waals surface area (Å²) in [5.41, 5.74) is 3.69. The summed E-state index contributed by atoms with van der Waals surface area (Å²) < 4.78 is 17.9. The number of hydrazone groups is 1. The summed E-state index contributed by atoms with van der Waals surface area (Å²) in [6.45, 7) is 4.62. The molecule has 1 amide bonds. The lowest BCUT2D eigenvalue weighted by Crippen LogP contribution is -2.35. The summed E-state index contributed by atoms with van der Waals surface area (Å²) in [4.78, 5) is 25.2. The van der Waals surface area contributed by atoms with Gasteiger partial charge in [0.15, 0.2) is 6.10 Å². The van der Waals surface area contributed by atoms with Crippen molar-refractivity contribution in [1.82, 2.24) is 5.43 Å². The van der Waals surface area contributed by atoms with Crippen LogP contribution in [0.2, 0.25) is 0 Å². The number of hydrogen-bond acceptors (Lipinski definition) is 6. The van der Waals surface area contributed by atoms with Crippen LogP contribution in [0.4, 0.5) is 0 Å². The Balaban J connectivity index is 1.29. The van der Waals surface area contributed by atoms with E-state index in [4.69, 9.17) is 14.2 Å². The van der Waals surface area contributed by atoms with E-state index in [1.165, 1.54) is 6.21 Å². The number of benzene rings is 4. The molecule has 4 rings (SSSR count). The van der Waals surface area contributed by atoms with Gasteiger partial charge in [-0.3, -0.25) is 4.79 Å². The second-order valence-corrected chi connectivity index (χ2v) is 9.83. The molecule has 0 aliphatic rings. The highest BCUT2D eigenvalue weighted by Gasteiger charge is 2.20. The normalized spacial score (nSPS) is 11.8. The van der Waals surface area contributed by atoms with E-state index in [0.29, 0.717) is 30.1 Å². The zero-order valence-electron chi connectivity index (χ0n) is 22.4. The zero-order valence-corrected chi connectivity index (χ0v) is 24.0. The Hall–Kier alpha value is -4.17. The van der Waals surface area contributed by atoms with Crippen molar-refractivity contribution in [2.45, 2.75) is 39.2 Å². The van der Waals surface area contributed by atoms with E-state index in [9.17, 15) is 9.59 Å². The molecule has 0 aromatic heterocycles. The molecule has 4 aromatic carbocycles. The Morgan fingerprint density at radius 3 is 2.38 bits per heavy atom. The van der Waals surface area contributed by atoms with Crippen molar-refractivity contribution >= 4 is 44.8 Å². The number of amides is 1. The van der Waals surface area contributed by atoms with Crippen LogP contribution < -0.4 is 19.6 Å². The third-order valence-corrected chi connectivity index (χ3v) is 6.91. The average molecular weight is 604 g/mol. The second kappa shape index (κ2) is 14.3. The van der Waals surface area contributed by atoms with Crippen molar-refractivity contribution < 1.29 is 23.8 Å². The van der Waals surface area contributed by atoms with E-state index in [1.807, 2.05) is 43.3 Å². The number of nitrogens with one attached hydrogen (secondary N) is 1. The van der Waals surface area contributed by atoms with Crippen LogP contribution in [0.25, 0.3) is 10.8 Å². The molecule has 0 aliphatic heterocycles. The topological polar surface area (TPSA) is 86.2 Å². The molecule has 0 bridgehead atoms. The molecule has 1 unspecified atom stereocenters. The molecule has 206 valence electrons. The Kier molecular flexibility index (Phi) is 10.3. The van der Waals surface area contributed by atoms with Gasteiger partial charge in [-0.05, 0) is 99.7 Å². The van der Waals surface area contributed by atoms with E-state index in [-0.39, 0.29) is 5.91 Å². The molecule has 7 nitrogen and oxygen atoms in total. The first kappa shape index (κ1) is 28.8. The molecule has 0 fully saturated rings. The number of unbranched alkanes of at least 4 members (excludes halogenated alkanes) is 1. The first-order chi connectivity index (χ1) is 19.5. The Morgan fingerprint density at radius 1 is 0.925 bits per heavy atom. The first-order valence-electron chi connectivity index (χ1n) is 13.2. The third-order valence-electron chi connectivity index (χ3n) is 6.10. The highest BCUT2D eigenvalue weighted by atomic mass is 79.9. The number of halogens is 1. The third kappa shape index (κ3) is 7.70. The van der Waals surface area contributed by atoms with Crippen LogP contribution >= 0.6 is 15.9 Å². The van der Waals surface area contributed by atoms with E-state index in [0.717, 1.165) is 39.4 Å². The molecule has 1 N–H and O–H groups in total.